The summed E-state index contributed by atoms with van der Waals surface area (Å²) in [5.41, 5.74) is 1.92. The van der Waals surface area contributed by atoms with Crippen molar-refractivity contribution in [2.45, 2.75) is 74.7 Å². The van der Waals surface area contributed by atoms with E-state index in [0.29, 0.717) is 27.5 Å². The lowest BCUT2D eigenvalue weighted by Crippen LogP contribution is -2.73. The Morgan fingerprint density at radius 2 is 1.31 bits per heavy atom. The minimum absolute atomic E-state index is 0.0288. The topological polar surface area (TPSA) is 148 Å². The number of rotatable bonds is 13. The molecule has 4 aromatic carbocycles. The Hall–Kier alpha value is -5.40. The van der Waals surface area contributed by atoms with Crippen molar-refractivity contribution < 1.29 is 37.1 Å². The summed E-state index contributed by atoms with van der Waals surface area (Å²) < 4.78 is 39.3. The molecule has 1 saturated heterocycles. The molecular weight excluding hydrogens is 727 g/mol. The summed E-state index contributed by atoms with van der Waals surface area (Å²) in [6.07, 6.45) is -1.74. The number of aryl methyl sites for hydroxylation is 1. The van der Waals surface area contributed by atoms with Crippen LogP contribution in [0.3, 0.4) is 0 Å². The summed E-state index contributed by atoms with van der Waals surface area (Å²) in [5.74, 6) is -2.39. The molecule has 11 nitrogen and oxygen atoms in total. The Morgan fingerprint density at radius 1 is 0.815 bits per heavy atom. The van der Waals surface area contributed by atoms with Gasteiger partial charge in [0, 0.05) is 10.8 Å². The number of nitrogens with one attached hydrogen (secondary N) is 2. The Balaban J connectivity index is 1.49. The van der Waals surface area contributed by atoms with Crippen LogP contribution in [0.15, 0.2) is 132 Å². The van der Waals surface area contributed by atoms with Crippen LogP contribution in [0.5, 0.6) is 0 Å². The van der Waals surface area contributed by atoms with E-state index >= 15 is 0 Å². The van der Waals surface area contributed by atoms with Gasteiger partial charge in [-0.2, -0.15) is 0 Å². The van der Waals surface area contributed by atoms with Crippen LogP contribution < -0.4 is 10.6 Å². The maximum Gasteiger partial charge on any atom is 0.408 e. The molecule has 2 N–H and O–H groups in total. The van der Waals surface area contributed by atoms with E-state index in [1.54, 1.807) is 63.2 Å². The summed E-state index contributed by atoms with van der Waals surface area (Å²) in [6.45, 7) is 12.4. The normalized spacial score (nSPS) is 16.8. The number of nitrogens with zero attached hydrogens (tertiary/aromatic N) is 1. The molecule has 0 saturated carbocycles. The van der Waals surface area contributed by atoms with Crippen molar-refractivity contribution in [1.82, 2.24) is 15.5 Å². The maximum atomic E-state index is 14.2. The number of alkyl carbamates (subject to hydrolysis) is 1. The number of carbonyl (C=O) groups excluding carboxylic acids is 4. The smallest absolute Gasteiger partial charge is 0.408 e. The summed E-state index contributed by atoms with van der Waals surface area (Å²) >= 11 is 0. The molecule has 4 atom stereocenters. The monoisotopic (exact) mass is 769 g/mol. The van der Waals surface area contributed by atoms with Crippen molar-refractivity contribution in [3.05, 3.63) is 150 Å². The highest BCUT2D eigenvalue weighted by Crippen LogP contribution is 2.41. The third kappa shape index (κ3) is 9.57. The van der Waals surface area contributed by atoms with Gasteiger partial charge >= 0.3 is 12.1 Å². The van der Waals surface area contributed by atoms with Crippen molar-refractivity contribution in [2.24, 2.45) is 0 Å². The number of ether oxygens (including phenoxy) is 2. The van der Waals surface area contributed by atoms with E-state index in [-0.39, 0.29) is 10.5 Å². The predicted molar refractivity (Wildman–Crippen MR) is 206 cm³/mol. The molecule has 1 fully saturated rings. The lowest BCUT2D eigenvalue weighted by atomic mass is 9.97. The summed E-state index contributed by atoms with van der Waals surface area (Å²) in [4.78, 5) is 56.3. The number of amides is 3. The molecule has 4 aromatic rings. The first-order valence-electron chi connectivity index (χ1n) is 17.2. The first-order valence-corrected chi connectivity index (χ1v) is 20.1. The van der Waals surface area contributed by atoms with Gasteiger partial charge in [0.15, 0.2) is 12.1 Å². The van der Waals surface area contributed by atoms with Crippen molar-refractivity contribution in [3.63, 3.8) is 0 Å². The Labute approximate surface area is 319 Å². The fourth-order valence-corrected chi connectivity index (χ4v) is 9.32. The van der Waals surface area contributed by atoms with Gasteiger partial charge in [-0.25, -0.2) is 18.0 Å². The SMILES string of the molecule is C=C(C)C(C(=O)OC(c1ccccc1)c1ccccc1)N1C(=O)C(NC(=O)C(NC(=O)OC(C)(C)C)c2ccccc2)C1SS(=O)(=O)c1ccc(C)cc1. The molecule has 1 aliphatic rings. The minimum atomic E-state index is -4.17. The van der Waals surface area contributed by atoms with E-state index in [1.165, 1.54) is 19.1 Å². The lowest BCUT2D eigenvalue weighted by Gasteiger charge is -2.49. The van der Waals surface area contributed by atoms with Gasteiger partial charge < -0.3 is 25.0 Å². The molecule has 1 heterocycles. The van der Waals surface area contributed by atoms with Crippen molar-refractivity contribution in [2.75, 3.05) is 0 Å². The van der Waals surface area contributed by atoms with Gasteiger partial charge in [0.1, 0.15) is 23.1 Å². The number of likely N-dealkylation sites (tertiary alicyclic amines) is 1. The quantitative estimate of drug-likeness (QED) is 0.0663. The third-order valence-corrected chi connectivity index (χ3v) is 12.1. The molecule has 0 aromatic heterocycles. The van der Waals surface area contributed by atoms with E-state index in [4.69, 9.17) is 9.47 Å². The van der Waals surface area contributed by atoms with Crippen LogP contribution in [0, 0.1) is 6.92 Å². The van der Waals surface area contributed by atoms with Crippen LogP contribution in [0.25, 0.3) is 0 Å². The highest BCUT2D eigenvalue weighted by Gasteiger charge is 2.56. The van der Waals surface area contributed by atoms with Gasteiger partial charge in [-0.15, -0.1) is 0 Å². The van der Waals surface area contributed by atoms with Gasteiger partial charge in [-0.1, -0.05) is 115 Å². The second kappa shape index (κ2) is 16.7. The number of carbonyl (C=O) groups is 4. The van der Waals surface area contributed by atoms with E-state index in [9.17, 15) is 27.6 Å². The Morgan fingerprint density at radius 3 is 1.80 bits per heavy atom. The lowest BCUT2D eigenvalue weighted by molar-refractivity contribution is -0.165. The van der Waals surface area contributed by atoms with Crippen molar-refractivity contribution >= 4 is 43.5 Å². The third-order valence-electron chi connectivity index (χ3n) is 8.38. The summed E-state index contributed by atoms with van der Waals surface area (Å²) in [5, 5.41) is 3.90. The zero-order valence-electron chi connectivity index (χ0n) is 30.6. The zero-order chi connectivity index (χ0) is 39.2. The average molecular weight is 770 g/mol. The molecule has 0 aliphatic carbocycles. The van der Waals surface area contributed by atoms with Crippen LogP contribution in [0.1, 0.15) is 62.1 Å². The second-order valence-corrected chi connectivity index (χ2v) is 17.8. The van der Waals surface area contributed by atoms with Gasteiger partial charge in [-0.05, 0) is 69.0 Å². The summed E-state index contributed by atoms with van der Waals surface area (Å²) in [7, 11) is -3.75. The average Bonchev–Trinajstić information content (AvgIpc) is 3.13. The Kier molecular flexibility index (Phi) is 12.3. The number of benzene rings is 4. The van der Waals surface area contributed by atoms with Crippen molar-refractivity contribution in [1.29, 1.82) is 0 Å². The fourth-order valence-electron chi connectivity index (χ4n) is 5.81. The van der Waals surface area contributed by atoms with E-state index in [1.807, 2.05) is 67.6 Å². The van der Waals surface area contributed by atoms with E-state index in [2.05, 4.69) is 17.2 Å². The zero-order valence-corrected chi connectivity index (χ0v) is 32.2. The molecule has 5 rings (SSSR count). The van der Waals surface area contributed by atoms with Gasteiger partial charge in [-0.3, -0.25) is 9.59 Å². The fraction of sp³-hybridized carbons (Fsp3) is 0.268. The molecule has 0 radical (unpaired) electrons. The number of esters is 1. The van der Waals surface area contributed by atoms with Crippen LogP contribution >= 0.6 is 10.8 Å². The molecule has 1 aliphatic heterocycles. The van der Waals surface area contributed by atoms with E-state index in [0.717, 1.165) is 10.5 Å². The van der Waals surface area contributed by atoms with Crippen LogP contribution in [-0.4, -0.2) is 60.3 Å². The maximum absolute atomic E-state index is 14.2. The van der Waals surface area contributed by atoms with E-state index < -0.39 is 68.0 Å². The second-order valence-electron chi connectivity index (χ2n) is 13.9. The predicted octanol–water partition coefficient (Wildman–Crippen LogP) is 6.61. The molecule has 13 heteroatoms. The van der Waals surface area contributed by atoms with Gasteiger partial charge in [0.25, 0.3) is 0 Å². The van der Waals surface area contributed by atoms with Crippen LogP contribution in [0.2, 0.25) is 0 Å². The molecule has 0 spiro atoms. The minimum Gasteiger partial charge on any atom is -0.451 e. The van der Waals surface area contributed by atoms with Gasteiger partial charge in [0.05, 0.1) is 4.90 Å². The highest BCUT2D eigenvalue weighted by atomic mass is 33.1. The number of hydrogen-bond donors (Lipinski definition) is 2. The Bertz CT molecular complexity index is 2050. The number of β-lactam (4-membered cyclic amide) rings is 1. The first-order chi connectivity index (χ1) is 25.6. The molecule has 54 heavy (non-hydrogen) atoms. The van der Waals surface area contributed by atoms with Crippen molar-refractivity contribution in [3.8, 4) is 0 Å². The number of hydrogen-bond acceptors (Lipinski definition) is 9. The first kappa shape index (κ1) is 39.8. The summed E-state index contributed by atoms with van der Waals surface area (Å²) in [6, 6.07) is 28.5. The molecule has 0 bridgehead atoms. The highest BCUT2D eigenvalue weighted by molar-refractivity contribution is 8.72. The molecule has 3 amide bonds. The standard InChI is InChI=1S/C41H43N3O8S2/c1-26(2)34(39(47)51-35(29-18-12-8-13-19-29)30-20-14-9-15-21-30)44-37(46)33(38(44)53-54(49,50)31-24-22-27(3)23-25-31)42-36(45)32(28-16-10-7-11-17-28)43-40(48)52-41(4,5)6/h7-25,32-35,38H,1H2,2-6H3,(H,42,45)(H,43,48). The van der Waals surface area contributed by atoms with Crippen LogP contribution in [-0.2, 0) is 32.7 Å². The molecular formula is C41H43N3O8S2. The van der Waals surface area contributed by atoms with Gasteiger partial charge in [0.2, 0.25) is 20.7 Å². The molecule has 282 valence electrons. The van der Waals surface area contributed by atoms with Crippen LogP contribution in [0.4, 0.5) is 4.79 Å². The molecule has 4 unspecified atom stereocenters. The largest absolute Gasteiger partial charge is 0.451 e.